The second-order valence-electron chi connectivity index (χ2n) is 4.72. The van der Waals surface area contributed by atoms with E-state index in [2.05, 4.69) is 38.5 Å². The van der Waals surface area contributed by atoms with Gasteiger partial charge in [-0.05, 0) is 23.9 Å². The van der Waals surface area contributed by atoms with Crippen molar-refractivity contribution in [1.29, 1.82) is 0 Å². The van der Waals surface area contributed by atoms with Gasteiger partial charge in [0.25, 0.3) is 0 Å². The maximum Gasteiger partial charge on any atom is 0.125 e. The van der Waals surface area contributed by atoms with Crippen molar-refractivity contribution in [3.05, 3.63) is 66.0 Å². The Hall–Kier alpha value is -2.33. The first-order valence-electron chi connectivity index (χ1n) is 6.64. The first-order chi connectivity index (χ1) is 9.83. The summed E-state index contributed by atoms with van der Waals surface area (Å²) in [6, 6.07) is 10.2. The molecule has 2 aromatic heterocycles. The molecule has 4 nitrogen and oxygen atoms in total. The lowest BCUT2D eigenvalue weighted by molar-refractivity contribution is 0.676. The summed E-state index contributed by atoms with van der Waals surface area (Å²) in [5.41, 5.74) is 2.21. The Labute approximate surface area is 117 Å². The highest BCUT2D eigenvalue weighted by Crippen LogP contribution is 2.16. The molecule has 0 aliphatic heterocycles. The Morgan fingerprint density at radius 1 is 1.05 bits per heavy atom. The summed E-state index contributed by atoms with van der Waals surface area (Å²) in [4.78, 5) is 12.8. The van der Waals surface area contributed by atoms with Gasteiger partial charge in [0.05, 0.1) is 5.69 Å². The Morgan fingerprint density at radius 2 is 1.95 bits per heavy atom. The average molecular weight is 264 g/mol. The molecule has 4 heteroatoms. The summed E-state index contributed by atoms with van der Waals surface area (Å²) >= 11 is 0. The van der Waals surface area contributed by atoms with E-state index < -0.39 is 0 Å². The Kier molecular flexibility index (Phi) is 3.65. The average Bonchev–Trinajstić information content (AvgIpc) is 2.48. The van der Waals surface area contributed by atoms with Gasteiger partial charge in [0.1, 0.15) is 5.82 Å². The van der Waals surface area contributed by atoms with Crippen molar-refractivity contribution in [1.82, 2.24) is 20.3 Å². The quantitative estimate of drug-likeness (QED) is 0.787. The number of aromatic nitrogens is 3. The summed E-state index contributed by atoms with van der Waals surface area (Å²) in [6.07, 6.45) is 5.60. The Balaban J connectivity index is 1.71. The number of aryl methyl sites for hydroxylation is 1. The molecular formula is C16H16N4. The lowest BCUT2D eigenvalue weighted by atomic mass is 10.1. The third-order valence-electron chi connectivity index (χ3n) is 3.21. The minimum Gasteiger partial charge on any atom is -0.307 e. The van der Waals surface area contributed by atoms with Crippen LogP contribution in [0.25, 0.3) is 10.8 Å². The van der Waals surface area contributed by atoms with Crippen LogP contribution in [0.4, 0.5) is 0 Å². The first kappa shape index (κ1) is 12.7. The van der Waals surface area contributed by atoms with Crippen LogP contribution in [0.3, 0.4) is 0 Å². The minimum atomic E-state index is 0.729. The second kappa shape index (κ2) is 5.75. The number of benzene rings is 1. The molecule has 0 saturated heterocycles. The second-order valence-corrected chi connectivity index (χ2v) is 4.72. The van der Waals surface area contributed by atoms with Crippen LogP contribution in [0.1, 0.15) is 17.1 Å². The van der Waals surface area contributed by atoms with Crippen LogP contribution >= 0.6 is 0 Å². The van der Waals surface area contributed by atoms with Gasteiger partial charge >= 0.3 is 0 Å². The van der Waals surface area contributed by atoms with Gasteiger partial charge in [0, 0.05) is 37.1 Å². The maximum atomic E-state index is 4.38. The van der Waals surface area contributed by atoms with E-state index in [-0.39, 0.29) is 0 Å². The monoisotopic (exact) mass is 264 g/mol. The van der Waals surface area contributed by atoms with Crippen molar-refractivity contribution in [2.45, 2.75) is 20.0 Å². The molecule has 0 fully saturated rings. The molecule has 3 aromatic rings. The van der Waals surface area contributed by atoms with E-state index in [0.29, 0.717) is 0 Å². The highest BCUT2D eigenvalue weighted by molar-refractivity contribution is 5.84. The van der Waals surface area contributed by atoms with Gasteiger partial charge in [0.15, 0.2) is 0 Å². The topological polar surface area (TPSA) is 50.7 Å². The predicted molar refractivity (Wildman–Crippen MR) is 79.1 cm³/mol. The first-order valence-corrected chi connectivity index (χ1v) is 6.64. The van der Waals surface area contributed by atoms with Crippen molar-refractivity contribution in [3.8, 4) is 0 Å². The summed E-state index contributed by atoms with van der Waals surface area (Å²) < 4.78 is 0. The molecule has 0 unspecified atom stereocenters. The van der Waals surface area contributed by atoms with E-state index in [0.717, 1.165) is 24.6 Å². The van der Waals surface area contributed by atoms with Crippen LogP contribution < -0.4 is 5.32 Å². The minimum absolute atomic E-state index is 0.729. The normalized spacial score (nSPS) is 10.8. The number of fused-ring (bicyclic) bond motifs is 1. The van der Waals surface area contributed by atoms with E-state index in [1.807, 2.05) is 31.5 Å². The molecule has 2 heterocycles. The van der Waals surface area contributed by atoms with Crippen molar-refractivity contribution in [2.75, 3.05) is 0 Å². The zero-order valence-corrected chi connectivity index (χ0v) is 11.4. The summed E-state index contributed by atoms with van der Waals surface area (Å²) in [5.74, 6) is 0.802. The van der Waals surface area contributed by atoms with E-state index in [4.69, 9.17) is 0 Å². The zero-order chi connectivity index (χ0) is 13.8. The molecule has 0 radical (unpaired) electrons. The zero-order valence-electron chi connectivity index (χ0n) is 11.4. The molecule has 0 spiro atoms. The predicted octanol–water partition coefficient (Wildman–Crippen LogP) is 2.62. The van der Waals surface area contributed by atoms with Gasteiger partial charge < -0.3 is 5.32 Å². The van der Waals surface area contributed by atoms with Gasteiger partial charge in [-0.15, -0.1) is 0 Å². The van der Waals surface area contributed by atoms with Gasteiger partial charge in [-0.25, -0.2) is 9.97 Å². The number of nitrogens with one attached hydrogen (secondary N) is 1. The number of hydrogen-bond acceptors (Lipinski definition) is 4. The summed E-state index contributed by atoms with van der Waals surface area (Å²) in [6.45, 7) is 3.40. The third kappa shape index (κ3) is 2.81. The number of hydrogen-bond donors (Lipinski definition) is 1. The van der Waals surface area contributed by atoms with E-state index in [1.165, 1.54) is 16.3 Å². The Bertz CT molecular complexity index is 719. The lowest BCUT2D eigenvalue weighted by Crippen LogP contribution is -2.14. The van der Waals surface area contributed by atoms with Crippen molar-refractivity contribution in [3.63, 3.8) is 0 Å². The lowest BCUT2D eigenvalue weighted by Gasteiger charge is -2.07. The molecule has 0 aliphatic rings. The highest BCUT2D eigenvalue weighted by Gasteiger charge is 2.01. The number of pyridine rings is 1. The maximum absolute atomic E-state index is 4.38. The fourth-order valence-electron chi connectivity index (χ4n) is 2.25. The SMILES string of the molecule is Cc1nccc(CNCc2cncc3ccccc23)n1. The van der Waals surface area contributed by atoms with E-state index in [9.17, 15) is 0 Å². The third-order valence-corrected chi connectivity index (χ3v) is 3.21. The number of nitrogens with zero attached hydrogens (tertiary/aromatic N) is 3. The molecule has 0 atom stereocenters. The largest absolute Gasteiger partial charge is 0.307 e. The van der Waals surface area contributed by atoms with E-state index in [1.54, 1.807) is 6.20 Å². The molecule has 20 heavy (non-hydrogen) atoms. The molecule has 1 N–H and O–H groups in total. The molecule has 0 saturated carbocycles. The molecule has 0 bridgehead atoms. The molecule has 100 valence electrons. The Morgan fingerprint density at radius 3 is 2.85 bits per heavy atom. The van der Waals surface area contributed by atoms with Gasteiger partial charge in [-0.1, -0.05) is 24.3 Å². The molecule has 1 aromatic carbocycles. The standard InChI is InChI=1S/C16H16N4/c1-12-19-7-6-15(20-12)11-18-10-14-9-17-8-13-4-2-3-5-16(13)14/h2-9,18H,10-11H2,1H3. The molecule has 0 amide bonds. The van der Waals surface area contributed by atoms with Crippen LogP contribution in [0.2, 0.25) is 0 Å². The molecule has 3 rings (SSSR count). The van der Waals surface area contributed by atoms with Crippen LogP contribution in [0.5, 0.6) is 0 Å². The van der Waals surface area contributed by atoms with Gasteiger partial charge in [-0.2, -0.15) is 0 Å². The molecule has 0 aliphatic carbocycles. The van der Waals surface area contributed by atoms with E-state index >= 15 is 0 Å². The van der Waals surface area contributed by atoms with Crippen LogP contribution in [0, 0.1) is 6.92 Å². The van der Waals surface area contributed by atoms with Crippen molar-refractivity contribution >= 4 is 10.8 Å². The highest BCUT2D eigenvalue weighted by atomic mass is 14.9. The van der Waals surface area contributed by atoms with Crippen LogP contribution in [-0.2, 0) is 13.1 Å². The van der Waals surface area contributed by atoms with Gasteiger partial charge in [0.2, 0.25) is 0 Å². The van der Waals surface area contributed by atoms with Gasteiger partial charge in [-0.3, -0.25) is 4.98 Å². The smallest absolute Gasteiger partial charge is 0.125 e. The number of rotatable bonds is 4. The fraction of sp³-hybridized carbons (Fsp3) is 0.188. The van der Waals surface area contributed by atoms with Crippen LogP contribution in [0.15, 0.2) is 48.9 Å². The fourth-order valence-corrected chi connectivity index (χ4v) is 2.25. The summed E-state index contributed by atoms with van der Waals surface area (Å²) in [5, 5.41) is 5.82. The van der Waals surface area contributed by atoms with Crippen molar-refractivity contribution in [2.24, 2.45) is 0 Å². The van der Waals surface area contributed by atoms with Crippen molar-refractivity contribution < 1.29 is 0 Å². The van der Waals surface area contributed by atoms with Crippen LogP contribution in [-0.4, -0.2) is 15.0 Å². The summed E-state index contributed by atoms with van der Waals surface area (Å²) in [7, 11) is 0. The molecular weight excluding hydrogens is 248 g/mol.